The molecule has 1 unspecified atom stereocenters. The molecule has 0 bridgehead atoms. The number of aromatic nitrogens is 1. The highest BCUT2D eigenvalue weighted by molar-refractivity contribution is 5.96. The highest BCUT2D eigenvalue weighted by Gasteiger charge is 2.10. The molecule has 0 radical (unpaired) electrons. The van der Waals surface area contributed by atoms with Crippen LogP contribution in [0.4, 0.5) is 0 Å². The third-order valence-corrected chi connectivity index (χ3v) is 2.79. The van der Waals surface area contributed by atoms with E-state index in [0.29, 0.717) is 30.2 Å². The Labute approximate surface area is 102 Å². The average Bonchev–Trinajstić information content (AvgIpc) is 2.36. The minimum absolute atomic E-state index is 0.111. The summed E-state index contributed by atoms with van der Waals surface area (Å²) in [6, 6.07) is 1.73. The van der Waals surface area contributed by atoms with Crippen LogP contribution >= 0.6 is 0 Å². The summed E-state index contributed by atoms with van der Waals surface area (Å²) in [5, 5.41) is 0. The number of nitrogens with two attached hydrogens (primary N) is 1. The Morgan fingerprint density at radius 3 is 2.88 bits per heavy atom. The molecule has 1 atom stereocenters. The predicted molar refractivity (Wildman–Crippen MR) is 67.2 cm³/mol. The summed E-state index contributed by atoms with van der Waals surface area (Å²) in [5.74, 6) is 1.22. The Morgan fingerprint density at radius 2 is 2.24 bits per heavy atom. The number of carbonyl (C=O) groups excluding carboxylic acids is 1. The summed E-state index contributed by atoms with van der Waals surface area (Å²) in [4.78, 5) is 15.9. The Bertz CT molecular complexity index is 366. The summed E-state index contributed by atoms with van der Waals surface area (Å²) >= 11 is 0. The third-order valence-electron chi connectivity index (χ3n) is 2.79. The highest BCUT2D eigenvalue weighted by atomic mass is 16.5. The topological polar surface area (TPSA) is 65.2 Å². The van der Waals surface area contributed by atoms with Crippen LogP contribution in [-0.4, -0.2) is 24.4 Å². The van der Waals surface area contributed by atoms with E-state index in [-0.39, 0.29) is 5.78 Å². The van der Waals surface area contributed by atoms with Crippen molar-refractivity contribution in [2.75, 3.05) is 13.7 Å². The van der Waals surface area contributed by atoms with Crippen molar-refractivity contribution in [2.24, 2.45) is 11.7 Å². The Balaban J connectivity index is 2.51. The molecule has 0 aliphatic heterocycles. The van der Waals surface area contributed by atoms with E-state index in [9.17, 15) is 4.79 Å². The number of hydrogen-bond acceptors (Lipinski definition) is 4. The second-order valence-corrected chi connectivity index (χ2v) is 4.26. The van der Waals surface area contributed by atoms with Gasteiger partial charge in [-0.3, -0.25) is 9.78 Å². The van der Waals surface area contributed by atoms with E-state index in [0.717, 1.165) is 12.8 Å². The summed E-state index contributed by atoms with van der Waals surface area (Å²) in [7, 11) is 1.56. The fraction of sp³-hybridized carbons (Fsp3) is 0.538. The lowest BCUT2D eigenvalue weighted by Crippen LogP contribution is -2.08. The molecule has 0 spiro atoms. The van der Waals surface area contributed by atoms with Crippen LogP contribution in [0.5, 0.6) is 5.75 Å². The number of carbonyl (C=O) groups is 1. The van der Waals surface area contributed by atoms with E-state index >= 15 is 0 Å². The lowest BCUT2D eigenvalue weighted by atomic mass is 9.98. The maximum atomic E-state index is 11.9. The molecular weight excluding hydrogens is 216 g/mol. The minimum Gasteiger partial charge on any atom is -0.495 e. The summed E-state index contributed by atoms with van der Waals surface area (Å²) in [6.45, 7) is 2.79. The minimum atomic E-state index is 0.111. The van der Waals surface area contributed by atoms with Gasteiger partial charge >= 0.3 is 0 Å². The van der Waals surface area contributed by atoms with Crippen molar-refractivity contribution in [2.45, 2.75) is 26.2 Å². The molecule has 0 amide bonds. The van der Waals surface area contributed by atoms with Crippen molar-refractivity contribution in [3.8, 4) is 5.75 Å². The van der Waals surface area contributed by atoms with Crippen LogP contribution in [-0.2, 0) is 0 Å². The number of Topliss-reactive ketones (excluding diaryl/α,β-unsaturated/α-hetero) is 1. The number of pyridine rings is 1. The number of nitrogens with zero attached hydrogens (tertiary/aromatic N) is 1. The highest BCUT2D eigenvalue weighted by Crippen LogP contribution is 2.15. The number of methoxy groups -OCH3 is 1. The van der Waals surface area contributed by atoms with Gasteiger partial charge in [-0.05, 0) is 31.4 Å². The van der Waals surface area contributed by atoms with Crippen molar-refractivity contribution in [3.63, 3.8) is 0 Å². The monoisotopic (exact) mass is 236 g/mol. The van der Waals surface area contributed by atoms with Crippen molar-refractivity contribution in [3.05, 3.63) is 24.0 Å². The van der Waals surface area contributed by atoms with Crippen LogP contribution in [0.1, 0.15) is 36.5 Å². The van der Waals surface area contributed by atoms with Crippen LogP contribution < -0.4 is 10.5 Å². The van der Waals surface area contributed by atoms with Crippen LogP contribution in [0.15, 0.2) is 18.5 Å². The molecule has 0 aromatic carbocycles. The number of ether oxygens (including phenoxy) is 1. The quantitative estimate of drug-likeness (QED) is 0.736. The zero-order chi connectivity index (χ0) is 12.7. The third kappa shape index (κ3) is 4.53. The summed E-state index contributed by atoms with van der Waals surface area (Å²) < 4.78 is 5.04. The average molecular weight is 236 g/mol. The molecule has 4 heteroatoms. The van der Waals surface area contributed by atoms with Gasteiger partial charge in [-0.15, -0.1) is 0 Å². The van der Waals surface area contributed by atoms with Gasteiger partial charge in [-0.25, -0.2) is 0 Å². The molecule has 0 aliphatic rings. The van der Waals surface area contributed by atoms with Gasteiger partial charge in [0.25, 0.3) is 0 Å². The van der Waals surface area contributed by atoms with Gasteiger partial charge in [0.05, 0.1) is 13.3 Å². The Kier molecular flexibility index (Phi) is 5.63. The largest absolute Gasteiger partial charge is 0.495 e. The summed E-state index contributed by atoms with van der Waals surface area (Å²) in [5.41, 5.74) is 6.09. The van der Waals surface area contributed by atoms with Crippen LogP contribution in [0, 0.1) is 5.92 Å². The van der Waals surface area contributed by atoms with E-state index < -0.39 is 0 Å². The zero-order valence-electron chi connectivity index (χ0n) is 10.5. The van der Waals surface area contributed by atoms with Crippen molar-refractivity contribution >= 4 is 5.78 Å². The first kappa shape index (κ1) is 13.6. The molecule has 1 rings (SSSR count). The number of rotatable bonds is 7. The first-order valence-corrected chi connectivity index (χ1v) is 5.89. The van der Waals surface area contributed by atoms with Gasteiger partial charge in [0.15, 0.2) is 5.78 Å². The molecule has 4 nitrogen and oxygen atoms in total. The Hall–Kier alpha value is -1.42. The smallest absolute Gasteiger partial charge is 0.164 e. The van der Waals surface area contributed by atoms with Crippen molar-refractivity contribution in [1.82, 2.24) is 4.98 Å². The van der Waals surface area contributed by atoms with Gasteiger partial charge < -0.3 is 10.5 Å². The fourth-order valence-electron chi connectivity index (χ4n) is 1.63. The zero-order valence-corrected chi connectivity index (χ0v) is 10.5. The van der Waals surface area contributed by atoms with Crippen LogP contribution in [0.3, 0.4) is 0 Å². The predicted octanol–water partition coefficient (Wildman–Crippen LogP) is 2.04. The fourth-order valence-corrected chi connectivity index (χ4v) is 1.63. The van der Waals surface area contributed by atoms with Gasteiger partial charge in [-0.2, -0.15) is 0 Å². The molecule has 1 aromatic heterocycles. The van der Waals surface area contributed by atoms with E-state index in [1.807, 2.05) is 0 Å². The first-order chi connectivity index (χ1) is 8.17. The molecule has 0 saturated carbocycles. The molecule has 0 aliphatic carbocycles. The maximum absolute atomic E-state index is 11.9. The molecule has 94 valence electrons. The lowest BCUT2D eigenvalue weighted by molar-refractivity contribution is 0.0973. The molecule has 17 heavy (non-hydrogen) atoms. The van der Waals surface area contributed by atoms with E-state index in [1.54, 1.807) is 25.6 Å². The molecule has 0 saturated heterocycles. The lowest BCUT2D eigenvalue weighted by Gasteiger charge is -2.09. The SMILES string of the molecule is COc1cncc(C(=O)CCC(C)CCN)c1. The van der Waals surface area contributed by atoms with Gasteiger partial charge in [-0.1, -0.05) is 6.92 Å². The van der Waals surface area contributed by atoms with Crippen molar-refractivity contribution in [1.29, 1.82) is 0 Å². The second-order valence-electron chi connectivity index (χ2n) is 4.26. The molecule has 2 N–H and O–H groups in total. The van der Waals surface area contributed by atoms with Crippen LogP contribution in [0.25, 0.3) is 0 Å². The van der Waals surface area contributed by atoms with Crippen LogP contribution in [0.2, 0.25) is 0 Å². The molecule has 1 heterocycles. The van der Waals surface area contributed by atoms with Gasteiger partial charge in [0.2, 0.25) is 0 Å². The first-order valence-electron chi connectivity index (χ1n) is 5.89. The number of hydrogen-bond donors (Lipinski definition) is 1. The van der Waals surface area contributed by atoms with Crippen molar-refractivity contribution < 1.29 is 9.53 Å². The van der Waals surface area contributed by atoms with E-state index in [1.165, 1.54) is 0 Å². The molecular formula is C13H20N2O2. The van der Waals surface area contributed by atoms with Gasteiger partial charge in [0, 0.05) is 18.2 Å². The normalized spacial score (nSPS) is 12.2. The van der Waals surface area contributed by atoms with E-state index in [4.69, 9.17) is 10.5 Å². The maximum Gasteiger partial charge on any atom is 0.164 e. The summed E-state index contributed by atoms with van der Waals surface area (Å²) in [6.07, 6.45) is 5.54. The standard InChI is InChI=1S/C13H20N2O2/c1-10(5-6-14)3-4-13(16)11-7-12(17-2)9-15-8-11/h7-10H,3-6,14H2,1-2H3. The van der Waals surface area contributed by atoms with E-state index in [2.05, 4.69) is 11.9 Å². The second kappa shape index (κ2) is 7.01. The molecule has 1 aromatic rings. The molecule has 0 fully saturated rings. The van der Waals surface area contributed by atoms with Gasteiger partial charge in [0.1, 0.15) is 5.75 Å². The Morgan fingerprint density at radius 1 is 1.47 bits per heavy atom. The number of ketones is 1.